The second-order valence-electron chi connectivity index (χ2n) is 5.66. The van der Waals surface area contributed by atoms with Crippen molar-refractivity contribution >= 4 is 27.6 Å². The van der Waals surface area contributed by atoms with E-state index >= 15 is 0 Å². The van der Waals surface area contributed by atoms with Crippen molar-refractivity contribution in [3.8, 4) is 0 Å². The molecule has 0 aliphatic carbocycles. The van der Waals surface area contributed by atoms with Gasteiger partial charge in [0.05, 0.1) is 4.47 Å². The first kappa shape index (κ1) is 16.1. The number of nitrogens with one attached hydrogen (secondary N) is 1. The van der Waals surface area contributed by atoms with Gasteiger partial charge in [-0.25, -0.2) is 9.18 Å². The van der Waals surface area contributed by atoms with Crippen LogP contribution in [0.4, 0.5) is 14.9 Å². The highest BCUT2D eigenvalue weighted by Gasteiger charge is 2.24. The summed E-state index contributed by atoms with van der Waals surface area (Å²) < 4.78 is 13.9. The van der Waals surface area contributed by atoms with Crippen LogP contribution in [0.5, 0.6) is 0 Å². The van der Waals surface area contributed by atoms with E-state index in [0.29, 0.717) is 10.5 Å². The zero-order valence-corrected chi connectivity index (χ0v) is 14.2. The average molecular weight is 358 g/mol. The summed E-state index contributed by atoms with van der Waals surface area (Å²) in [5.74, 6) is -0.246. The molecule has 1 fully saturated rings. The number of likely N-dealkylation sites (tertiary alicyclic amines) is 1. The van der Waals surface area contributed by atoms with Gasteiger partial charge in [0.25, 0.3) is 0 Å². The molecule has 1 saturated heterocycles. The van der Waals surface area contributed by atoms with Crippen LogP contribution in [0.3, 0.4) is 0 Å². The highest BCUT2D eigenvalue weighted by atomic mass is 79.9. The van der Waals surface area contributed by atoms with Crippen molar-refractivity contribution in [3.63, 3.8) is 0 Å². The molecule has 1 aliphatic heterocycles. The van der Waals surface area contributed by atoms with E-state index in [1.54, 1.807) is 25.1 Å². The first-order chi connectivity index (χ1) is 9.88. The molecule has 1 aromatic rings. The SMILES string of the molecule is Cc1cc(F)c(Br)cc1NC1CCN(C(=O)N(C)C)CC1. The topological polar surface area (TPSA) is 35.6 Å². The Kier molecular flexibility index (Phi) is 5.08. The first-order valence-electron chi connectivity index (χ1n) is 7.07. The van der Waals surface area contributed by atoms with Crippen LogP contribution in [-0.2, 0) is 0 Å². The van der Waals surface area contributed by atoms with Crippen LogP contribution in [0.1, 0.15) is 18.4 Å². The van der Waals surface area contributed by atoms with Gasteiger partial charge in [0.1, 0.15) is 5.82 Å². The van der Waals surface area contributed by atoms with Crippen LogP contribution in [-0.4, -0.2) is 49.1 Å². The third-order valence-corrected chi connectivity index (χ3v) is 4.38. The Hall–Kier alpha value is -1.30. The third-order valence-electron chi connectivity index (χ3n) is 3.77. The first-order valence-corrected chi connectivity index (χ1v) is 7.86. The Morgan fingerprint density at radius 3 is 2.57 bits per heavy atom. The molecule has 6 heteroatoms. The largest absolute Gasteiger partial charge is 0.382 e. The summed E-state index contributed by atoms with van der Waals surface area (Å²) in [6, 6.07) is 3.68. The van der Waals surface area contributed by atoms with Crippen molar-refractivity contribution in [2.75, 3.05) is 32.5 Å². The average Bonchev–Trinajstić information content (AvgIpc) is 2.44. The number of carbonyl (C=O) groups excluding carboxylic acids is 1. The molecule has 0 atom stereocenters. The molecule has 2 amide bonds. The van der Waals surface area contributed by atoms with Gasteiger partial charge in [-0.05, 0) is 53.4 Å². The molecule has 21 heavy (non-hydrogen) atoms. The monoisotopic (exact) mass is 357 g/mol. The van der Waals surface area contributed by atoms with Gasteiger partial charge < -0.3 is 15.1 Å². The fourth-order valence-electron chi connectivity index (χ4n) is 2.52. The van der Waals surface area contributed by atoms with Crippen LogP contribution in [0.2, 0.25) is 0 Å². The Bertz CT molecular complexity index is 528. The Morgan fingerprint density at radius 1 is 1.38 bits per heavy atom. The smallest absolute Gasteiger partial charge is 0.319 e. The maximum Gasteiger partial charge on any atom is 0.319 e. The van der Waals surface area contributed by atoms with Crippen LogP contribution < -0.4 is 5.32 Å². The number of anilines is 1. The molecular formula is C15H21BrFN3O. The van der Waals surface area contributed by atoms with E-state index in [4.69, 9.17) is 0 Å². The molecule has 116 valence electrons. The van der Waals surface area contributed by atoms with E-state index in [2.05, 4.69) is 21.2 Å². The Morgan fingerprint density at radius 2 is 2.00 bits per heavy atom. The summed E-state index contributed by atoms with van der Waals surface area (Å²) in [7, 11) is 3.54. The number of rotatable bonds is 2. The summed E-state index contributed by atoms with van der Waals surface area (Å²) in [6.07, 6.45) is 1.79. The molecule has 0 spiro atoms. The van der Waals surface area contributed by atoms with Gasteiger partial charge in [0, 0.05) is 38.9 Å². The van der Waals surface area contributed by atoms with Gasteiger partial charge >= 0.3 is 6.03 Å². The molecule has 1 aliphatic rings. The number of urea groups is 1. The number of carbonyl (C=O) groups is 1. The lowest BCUT2D eigenvalue weighted by Gasteiger charge is -2.34. The maximum absolute atomic E-state index is 13.4. The molecule has 0 aromatic heterocycles. The lowest BCUT2D eigenvalue weighted by atomic mass is 10.0. The minimum Gasteiger partial charge on any atom is -0.382 e. The van der Waals surface area contributed by atoms with Gasteiger partial charge in [0.2, 0.25) is 0 Å². The van der Waals surface area contributed by atoms with Gasteiger partial charge in [-0.3, -0.25) is 0 Å². The summed E-state index contributed by atoms with van der Waals surface area (Å²) in [5, 5.41) is 3.46. The van der Waals surface area contributed by atoms with Crippen molar-refractivity contribution in [1.82, 2.24) is 9.80 Å². The molecule has 1 aromatic carbocycles. The molecule has 1 heterocycles. The van der Waals surface area contributed by atoms with E-state index in [9.17, 15) is 9.18 Å². The van der Waals surface area contributed by atoms with Gasteiger partial charge in [0.15, 0.2) is 0 Å². The number of amides is 2. The van der Waals surface area contributed by atoms with Crippen LogP contribution in [0, 0.1) is 12.7 Å². The van der Waals surface area contributed by atoms with E-state index in [1.807, 2.05) is 11.8 Å². The van der Waals surface area contributed by atoms with Crippen molar-refractivity contribution in [2.24, 2.45) is 0 Å². The highest BCUT2D eigenvalue weighted by molar-refractivity contribution is 9.10. The summed E-state index contributed by atoms with van der Waals surface area (Å²) in [6.45, 7) is 3.38. The fraction of sp³-hybridized carbons (Fsp3) is 0.533. The Labute approximate surface area is 133 Å². The number of halogens is 2. The molecule has 0 saturated carbocycles. The lowest BCUT2D eigenvalue weighted by molar-refractivity contribution is 0.158. The molecule has 0 bridgehead atoms. The number of nitrogens with zero attached hydrogens (tertiary/aromatic N) is 2. The summed E-state index contributed by atoms with van der Waals surface area (Å²) in [5.41, 5.74) is 1.84. The number of hydrogen-bond donors (Lipinski definition) is 1. The number of piperidine rings is 1. The van der Waals surface area contributed by atoms with Crippen LogP contribution >= 0.6 is 15.9 Å². The number of aryl methyl sites for hydroxylation is 1. The standard InChI is InChI=1S/C15H21BrFN3O/c1-10-8-13(17)12(16)9-14(10)18-11-4-6-20(7-5-11)15(21)19(2)3/h8-9,11,18H,4-7H2,1-3H3. The molecule has 4 nitrogen and oxygen atoms in total. The lowest BCUT2D eigenvalue weighted by Crippen LogP contribution is -2.46. The molecule has 1 N–H and O–H groups in total. The van der Waals surface area contributed by atoms with Gasteiger partial charge in [-0.15, -0.1) is 0 Å². The predicted octanol–water partition coefficient (Wildman–Crippen LogP) is 3.45. The normalized spacial score (nSPS) is 16.0. The summed E-state index contributed by atoms with van der Waals surface area (Å²) >= 11 is 3.22. The van der Waals surface area contributed by atoms with E-state index in [0.717, 1.165) is 37.2 Å². The molecular weight excluding hydrogens is 337 g/mol. The second kappa shape index (κ2) is 6.64. The molecule has 2 rings (SSSR count). The maximum atomic E-state index is 13.4. The highest BCUT2D eigenvalue weighted by Crippen LogP contribution is 2.26. The van der Waals surface area contributed by atoms with E-state index in [1.165, 1.54) is 6.07 Å². The Balaban J connectivity index is 1.95. The van der Waals surface area contributed by atoms with Gasteiger partial charge in [-0.2, -0.15) is 0 Å². The van der Waals surface area contributed by atoms with Crippen molar-refractivity contribution in [1.29, 1.82) is 0 Å². The third kappa shape index (κ3) is 3.87. The minimum absolute atomic E-state index is 0.0640. The number of benzene rings is 1. The van der Waals surface area contributed by atoms with E-state index < -0.39 is 0 Å². The second-order valence-corrected chi connectivity index (χ2v) is 6.52. The van der Waals surface area contributed by atoms with Crippen molar-refractivity contribution in [2.45, 2.75) is 25.8 Å². The van der Waals surface area contributed by atoms with Crippen LogP contribution in [0.15, 0.2) is 16.6 Å². The number of hydrogen-bond acceptors (Lipinski definition) is 2. The molecule has 0 radical (unpaired) electrons. The zero-order valence-electron chi connectivity index (χ0n) is 12.6. The minimum atomic E-state index is -0.246. The summed E-state index contributed by atoms with van der Waals surface area (Å²) in [4.78, 5) is 15.4. The van der Waals surface area contributed by atoms with Crippen molar-refractivity contribution < 1.29 is 9.18 Å². The predicted molar refractivity (Wildman–Crippen MR) is 86.1 cm³/mol. The fourth-order valence-corrected chi connectivity index (χ4v) is 2.86. The quantitative estimate of drug-likeness (QED) is 0.879. The van der Waals surface area contributed by atoms with Gasteiger partial charge in [-0.1, -0.05) is 0 Å². The zero-order chi connectivity index (χ0) is 15.6. The van der Waals surface area contributed by atoms with Crippen LogP contribution in [0.25, 0.3) is 0 Å². The van der Waals surface area contributed by atoms with E-state index in [-0.39, 0.29) is 11.8 Å². The van der Waals surface area contributed by atoms with Crippen molar-refractivity contribution in [3.05, 3.63) is 28.0 Å². The molecule has 0 unspecified atom stereocenters.